The molecule has 1 aliphatic heterocycles. The molecule has 2 aromatic carbocycles. The van der Waals surface area contributed by atoms with Crippen LogP contribution in [0, 0.1) is 5.82 Å². The van der Waals surface area contributed by atoms with Gasteiger partial charge in [-0.3, -0.25) is 0 Å². The molecular weight excluding hydrogens is 293 g/mol. The first-order valence-corrected chi connectivity index (χ1v) is 8.04. The quantitative estimate of drug-likeness (QED) is 0.948. The maximum atomic E-state index is 12.9. The number of hydrogen-bond donors (Lipinski definition) is 1. The Balaban J connectivity index is 1.88. The standard InChI is InChI=1S/C15H14FNO3S/c16-11-5-7-12(8-6-11)21(18,19)17-14-9-10-20-15-4-2-1-3-13(14)15/h1-8,14,17H,9-10H2. The van der Waals surface area contributed by atoms with Crippen LogP contribution in [0.3, 0.4) is 0 Å². The molecule has 0 aromatic heterocycles. The summed E-state index contributed by atoms with van der Waals surface area (Å²) in [5, 5.41) is 0. The molecule has 0 fully saturated rings. The number of nitrogens with one attached hydrogen (secondary N) is 1. The van der Waals surface area contributed by atoms with Crippen molar-refractivity contribution in [3.8, 4) is 5.75 Å². The zero-order valence-corrected chi connectivity index (χ0v) is 11.9. The van der Waals surface area contributed by atoms with Crippen molar-refractivity contribution in [3.05, 3.63) is 59.9 Å². The van der Waals surface area contributed by atoms with Gasteiger partial charge in [0, 0.05) is 12.0 Å². The van der Waals surface area contributed by atoms with E-state index in [0.717, 1.165) is 17.7 Å². The predicted octanol–water partition coefficient (Wildman–Crippen LogP) is 2.63. The molecule has 2 aromatic rings. The number of halogens is 1. The summed E-state index contributed by atoms with van der Waals surface area (Å²) in [6.07, 6.45) is 0.553. The fourth-order valence-corrected chi connectivity index (χ4v) is 3.58. The highest BCUT2D eigenvalue weighted by molar-refractivity contribution is 7.89. The van der Waals surface area contributed by atoms with Crippen molar-refractivity contribution in [2.24, 2.45) is 0 Å². The Labute approximate surface area is 122 Å². The lowest BCUT2D eigenvalue weighted by molar-refractivity contribution is 0.263. The number of para-hydroxylation sites is 1. The summed E-state index contributed by atoms with van der Waals surface area (Å²) in [4.78, 5) is 0.0490. The fraction of sp³-hybridized carbons (Fsp3) is 0.200. The van der Waals surface area contributed by atoms with Crippen molar-refractivity contribution < 1.29 is 17.5 Å². The molecule has 1 unspecified atom stereocenters. The van der Waals surface area contributed by atoms with Crippen LogP contribution in [0.15, 0.2) is 53.4 Å². The first kappa shape index (κ1) is 14.0. The van der Waals surface area contributed by atoms with Gasteiger partial charge in [0.25, 0.3) is 0 Å². The van der Waals surface area contributed by atoms with Gasteiger partial charge in [-0.2, -0.15) is 0 Å². The molecule has 1 N–H and O–H groups in total. The minimum atomic E-state index is -3.69. The summed E-state index contributed by atoms with van der Waals surface area (Å²) >= 11 is 0. The van der Waals surface area contributed by atoms with Crippen molar-refractivity contribution >= 4 is 10.0 Å². The van der Waals surface area contributed by atoms with E-state index in [1.165, 1.54) is 12.1 Å². The zero-order valence-electron chi connectivity index (χ0n) is 11.1. The molecule has 6 heteroatoms. The Kier molecular flexibility index (Phi) is 3.65. The van der Waals surface area contributed by atoms with Gasteiger partial charge in [-0.25, -0.2) is 17.5 Å². The molecule has 0 bridgehead atoms. The number of rotatable bonds is 3. The third-order valence-corrected chi connectivity index (χ3v) is 4.87. The number of benzene rings is 2. The normalized spacial score (nSPS) is 17.9. The van der Waals surface area contributed by atoms with E-state index in [9.17, 15) is 12.8 Å². The lowest BCUT2D eigenvalue weighted by Crippen LogP contribution is -2.32. The smallest absolute Gasteiger partial charge is 0.241 e. The Hall–Kier alpha value is -1.92. The van der Waals surface area contributed by atoms with E-state index in [-0.39, 0.29) is 10.9 Å². The summed E-state index contributed by atoms with van der Waals surface area (Å²) in [5.74, 6) is 0.223. The van der Waals surface area contributed by atoms with E-state index in [1.54, 1.807) is 0 Å². The lowest BCUT2D eigenvalue weighted by atomic mass is 10.0. The maximum Gasteiger partial charge on any atom is 0.241 e. The van der Waals surface area contributed by atoms with Crippen molar-refractivity contribution in [1.29, 1.82) is 0 Å². The Morgan fingerprint density at radius 2 is 1.81 bits per heavy atom. The first-order chi connectivity index (χ1) is 10.1. The van der Waals surface area contributed by atoms with Crippen molar-refractivity contribution in [2.45, 2.75) is 17.4 Å². The summed E-state index contributed by atoms with van der Waals surface area (Å²) in [6.45, 7) is 0.452. The highest BCUT2D eigenvalue weighted by Gasteiger charge is 2.26. The topological polar surface area (TPSA) is 55.4 Å². The first-order valence-electron chi connectivity index (χ1n) is 6.56. The second-order valence-corrected chi connectivity index (χ2v) is 6.52. The predicted molar refractivity (Wildman–Crippen MR) is 76.0 cm³/mol. The van der Waals surface area contributed by atoms with Gasteiger partial charge in [-0.15, -0.1) is 0 Å². The van der Waals surface area contributed by atoms with E-state index in [4.69, 9.17) is 4.74 Å². The summed E-state index contributed by atoms with van der Waals surface area (Å²) in [7, 11) is -3.69. The molecule has 0 saturated heterocycles. The van der Waals surface area contributed by atoms with Gasteiger partial charge in [-0.1, -0.05) is 18.2 Å². The summed E-state index contributed by atoms with van der Waals surface area (Å²) in [6, 6.07) is 11.8. The Morgan fingerprint density at radius 1 is 1.10 bits per heavy atom. The van der Waals surface area contributed by atoms with Crippen LogP contribution in [0.5, 0.6) is 5.75 Å². The lowest BCUT2D eigenvalue weighted by Gasteiger charge is -2.26. The second kappa shape index (κ2) is 5.46. The molecule has 110 valence electrons. The molecule has 0 spiro atoms. The highest BCUT2D eigenvalue weighted by atomic mass is 32.2. The van der Waals surface area contributed by atoms with Gasteiger partial charge in [0.2, 0.25) is 10.0 Å². The summed E-state index contributed by atoms with van der Waals surface area (Å²) < 4.78 is 45.8. The largest absolute Gasteiger partial charge is 0.493 e. The van der Waals surface area contributed by atoms with Gasteiger partial charge >= 0.3 is 0 Å². The van der Waals surface area contributed by atoms with Crippen molar-refractivity contribution in [3.63, 3.8) is 0 Å². The summed E-state index contributed by atoms with van der Waals surface area (Å²) in [5.41, 5.74) is 0.814. The SMILES string of the molecule is O=S(=O)(NC1CCOc2ccccc21)c1ccc(F)cc1. The van der Waals surface area contributed by atoms with Gasteiger partial charge < -0.3 is 4.74 Å². The van der Waals surface area contributed by atoms with Crippen LogP contribution < -0.4 is 9.46 Å². The van der Waals surface area contributed by atoms with E-state index in [0.29, 0.717) is 18.8 Å². The van der Waals surface area contributed by atoms with Crippen molar-refractivity contribution in [2.75, 3.05) is 6.61 Å². The number of sulfonamides is 1. The average molecular weight is 307 g/mol. The van der Waals surface area contributed by atoms with E-state index < -0.39 is 15.8 Å². The Bertz CT molecular complexity index is 744. The number of fused-ring (bicyclic) bond motifs is 1. The molecule has 0 radical (unpaired) electrons. The third kappa shape index (κ3) is 2.91. The van der Waals surface area contributed by atoms with Crippen molar-refractivity contribution in [1.82, 2.24) is 4.72 Å². The van der Waals surface area contributed by atoms with E-state index >= 15 is 0 Å². The molecule has 1 atom stereocenters. The second-order valence-electron chi connectivity index (χ2n) is 4.80. The highest BCUT2D eigenvalue weighted by Crippen LogP contribution is 2.32. The fourth-order valence-electron chi connectivity index (χ4n) is 2.33. The zero-order chi connectivity index (χ0) is 14.9. The minimum absolute atomic E-state index is 0.0490. The Morgan fingerprint density at radius 3 is 2.57 bits per heavy atom. The van der Waals surface area contributed by atoms with Gasteiger partial charge in [0.1, 0.15) is 11.6 Å². The van der Waals surface area contributed by atoms with Crippen LogP contribution in [0.2, 0.25) is 0 Å². The molecular formula is C15H14FNO3S. The molecule has 4 nitrogen and oxygen atoms in total. The number of ether oxygens (including phenoxy) is 1. The van der Waals surface area contributed by atoms with E-state index in [2.05, 4.69) is 4.72 Å². The van der Waals surface area contributed by atoms with Crippen LogP contribution in [-0.2, 0) is 10.0 Å². The average Bonchev–Trinajstić information content (AvgIpc) is 2.48. The van der Waals surface area contributed by atoms with Gasteiger partial charge in [0.15, 0.2) is 0 Å². The molecule has 21 heavy (non-hydrogen) atoms. The molecule has 1 aliphatic rings. The van der Waals surface area contributed by atoms with E-state index in [1.807, 2.05) is 24.3 Å². The maximum absolute atomic E-state index is 12.9. The molecule has 1 heterocycles. The van der Waals surface area contributed by atoms with Crippen LogP contribution in [0.4, 0.5) is 4.39 Å². The molecule has 0 saturated carbocycles. The molecule has 3 rings (SSSR count). The van der Waals surface area contributed by atoms with Gasteiger partial charge in [0.05, 0.1) is 17.5 Å². The minimum Gasteiger partial charge on any atom is -0.493 e. The van der Waals surface area contributed by atoms with Gasteiger partial charge in [-0.05, 0) is 30.3 Å². The van der Waals surface area contributed by atoms with Crippen LogP contribution in [0.1, 0.15) is 18.0 Å². The van der Waals surface area contributed by atoms with Crippen LogP contribution >= 0.6 is 0 Å². The monoisotopic (exact) mass is 307 g/mol. The third-order valence-electron chi connectivity index (χ3n) is 3.38. The van der Waals surface area contributed by atoms with Crippen LogP contribution in [-0.4, -0.2) is 15.0 Å². The molecule has 0 amide bonds. The number of hydrogen-bond acceptors (Lipinski definition) is 3. The van der Waals surface area contributed by atoms with Crippen LogP contribution in [0.25, 0.3) is 0 Å². The molecule has 0 aliphatic carbocycles.